The van der Waals surface area contributed by atoms with Crippen LogP contribution in [0.3, 0.4) is 0 Å². The van der Waals surface area contributed by atoms with Gasteiger partial charge in [0, 0.05) is 5.69 Å². The molecule has 0 unspecified atom stereocenters. The number of carboxylic acid groups (broad SMARTS) is 1. The number of hydrogen-bond donors (Lipinski definition) is 3. The third-order valence-corrected chi connectivity index (χ3v) is 6.81. The van der Waals surface area contributed by atoms with Gasteiger partial charge in [0.2, 0.25) is 15.9 Å². The van der Waals surface area contributed by atoms with Gasteiger partial charge in [-0.05, 0) is 54.4 Å². The fourth-order valence-electron chi connectivity index (χ4n) is 4.64. The van der Waals surface area contributed by atoms with Crippen LogP contribution >= 0.6 is 0 Å². The first kappa shape index (κ1) is 16.3. The lowest BCUT2D eigenvalue weighted by Gasteiger charge is -2.23. The van der Waals surface area contributed by atoms with Gasteiger partial charge in [-0.15, -0.1) is 0 Å². The standard InChI is InChI=1S/C17H18N2O5S/c18-25(23,24)10-3-1-9(2-4-10)19-15(20)13-11-5-6-12(14(13)16(21)22)17(11)7-8-17/h1-6,11-14H,7-8H2,(H,19,20)(H,21,22)(H2,18,23,24)/t11-,12+,13+,14-/m0/s1. The Hall–Kier alpha value is -2.19. The average Bonchev–Trinajstić information content (AvgIpc) is 3.20. The number of amides is 1. The van der Waals surface area contributed by atoms with Crippen LogP contribution in [-0.4, -0.2) is 25.4 Å². The number of carboxylic acids is 1. The Morgan fingerprint density at radius 1 is 1.08 bits per heavy atom. The molecule has 1 aromatic carbocycles. The number of nitrogens with one attached hydrogen (secondary N) is 1. The highest BCUT2D eigenvalue weighted by Gasteiger charge is 2.70. The van der Waals surface area contributed by atoms with Crippen LogP contribution in [0.1, 0.15) is 12.8 Å². The monoisotopic (exact) mass is 362 g/mol. The minimum Gasteiger partial charge on any atom is -0.481 e. The van der Waals surface area contributed by atoms with E-state index in [0.717, 1.165) is 12.8 Å². The zero-order valence-electron chi connectivity index (χ0n) is 13.3. The molecule has 8 heteroatoms. The first-order valence-electron chi connectivity index (χ1n) is 8.09. The number of sulfonamides is 1. The SMILES string of the molecule is NS(=O)(=O)c1ccc(NC(=O)[C@H]2[C@@H](C(=O)O)[C@H]3C=C[C@@H]2C32CC2)cc1. The number of nitrogens with two attached hydrogens (primary N) is 1. The summed E-state index contributed by atoms with van der Waals surface area (Å²) in [6.07, 6.45) is 5.88. The molecular weight excluding hydrogens is 344 g/mol. The molecule has 4 rings (SSSR count). The van der Waals surface area contributed by atoms with Crippen molar-refractivity contribution in [2.75, 3.05) is 5.32 Å². The molecular formula is C17H18N2O5S. The summed E-state index contributed by atoms with van der Waals surface area (Å²) in [5.41, 5.74) is 0.376. The van der Waals surface area contributed by atoms with E-state index in [1.165, 1.54) is 24.3 Å². The summed E-state index contributed by atoms with van der Waals surface area (Å²) in [5, 5.41) is 17.4. The van der Waals surface area contributed by atoms with E-state index >= 15 is 0 Å². The molecule has 4 N–H and O–H groups in total. The molecule has 1 spiro atoms. The van der Waals surface area contributed by atoms with Gasteiger partial charge in [0.1, 0.15) is 0 Å². The molecule has 0 saturated heterocycles. The molecule has 3 aliphatic carbocycles. The van der Waals surface area contributed by atoms with Crippen LogP contribution in [0.2, 0.25) is 0 Å². The quantitative estimate of drug-likeness (QED) is 0.693. The third kappa shape index (κ3) is 2.39. The lowest BCUT2D eigenvalue weighted by Crippen LogP contribution is -2.36. The van der Waals surface area contributed by atoms with Crippen LogP contribution in [0.15, 0.2) is 41.3 Å². The van der Waals surface area contributed by atoms with Gasteiger partial charge >= 0.3 is 5.97 Å². The molecule has 1 aromatic rings. The molecule has 0 aliphatic heterocycles. The molecule has 0 radical (unpaired) electrons. The molecule has 0 heterocycles. The van der Waals surface area contributed by atoms with E-state index in [0.29, 0.717) is 5.69 Å². The summed E-state index contributed by atoms with van der Waals surface area (Å²) in [4.78, 5) is 24.5. The van der Waals surface area contributed by atoms with Crippen molar-refractivity contribution in [2.24, 2.45) is 34.2 Å². The van der Waals surface area contributed by atoms with E-state index in [2.05, 4.69) is 5.32 Å². The van der Waals surface area contributed by atoms with Gasteiger partial charge < -0.3 is 10.4 Å². The van der Waals surface area contributed by atoms with Gasteiger partial charge in [-0.2, -0.15) is 0 Å². The maximum Gasteiger partial charge on any atom is 0.307 e. The van der Waals surface area contributed by atoms with E-state index < -0.39 is 27.8 Å². The molecule has 1 amide bonds. The number of hydrogen-bond acceptors (Lipinski definition) is 4. The Morgan fingerprint density at radius 3 is 2.12 bits per heavy atom. The highest BCUT2D eigenvalue weighted by molar-refractivity contribution is 7.89. The average molecular weight is 362 g/mol. The summed E-state index contributed by atoms with van der Waals surface area (Å²) < 4.78 is 22.6. The second-order valence-electron chi connectivity index (χ2n) is 7.12. The van der Waals surface area contributed by atoms with Crippen molar-refractivity contribution in [3.05, 3.63) is 36.4 Å². The van der Waals surface area contributed by atoms with Crippen molar-refractivity contribution >= 4 is 27.6 Å². The summed E-state index contributed by atoms with van der Waals surface area (Å²) in [6, 6.07) is 5.51. The Labute approximate surface area is 145 Å². The first-order valence-corrected chi connectivity index (χ1v) is 9.63. The molecule has 2 fully saturated rings. The third-order valence-electron chi connectivity index (χ3n) is 5.88. The number of carbonyl (C=O) groups excluding carboxylic acids is 1. The van der Waals surface area contributed by atoms with E-state index in [-0.39, 0.29) is 28.1 Å². The number of aliphatic carboxylic acids is 1. The molecule has 2 saturated carbocycles. The molecule has 3 aliphatic rings. The number of benzene rings is 1. The van der Waals surface area contributed by atoms with Gasteiger partial charge in [0.05, 0.1) is 16.7 Å². The second-order valence-corrected chi connectivity index (χ2v) is 8.68. The minimum atomic E-state index is -3.80. The zero-order chi connectivity index (χ0) is 18.0. The van der Waals surface area contributed by atoms with Gasteiger partial charge in [0.25, 0.3) is 0 Å². The van der Waals surface area contributed by atoms with Gasteiger partial charge in [-0.3, -0.25) is 9.59 Å². The molecule has 2 bridgehead atoms. The normalized spacial score (nSPS) is 31.2. The largest absolute Gasteiger partial charge is 0.481 e. The summed E-state index contributed by atoms with van der Waals surface area (Å²) in [6.45, 7) is 0. The second kappa shape index (κ2) is 5.15. The smallest absolute Gasteiger partial charge is 0.307 e. The van der Waals surface area contributed by atoms with Crippen LogP contribution in [-0.2, 0) is 19.6 Å². The van der Waals surface area contributed by atoms with Crippen molar-refractivity contribution in [1.29, 1.82) is 0 Å². The summed E-state index contributed by atoms with van der Waals surface area (Å²) in [7, 11) is -3.80. The molecule has 4 atom stereocenters. The highest BCUT2D eigenvalue weighted by atomic mass is 32.2. The Morgan fingerprint density at radius 2 is 1.64 bits per heavy atom. The van der Waals surface area contributed by atoms with Crippen molar-refractivity contribution in [3.63, 3.8) is 0 Å². The minimum absolute atomic E-state index is 0.0391. The van der Waals surface area contributed by atoms with Crippen LogP contribution in [0.4, 0.5) is 5.69 Å². The fourth-order valence-corrected chi connectivity index (χ4v) is 5.16. The van der Waals surface area contributed by atoms with E-state index in [1.54, 1.807) is 0 Å². The number of carbonyl (C=O) groups is 2. The van der Waals surface area contributed by atoms with Crippen molar-refractivity contribution in [1.82, 2.24) is 0 Å². The topological polar surface area (TPSA) is 127 Å². The number of primary sulfonamides is 1. The summed E-state index contributed by atoms with van der Waals surface area (Å²) in [5.74, 6) is -2.70. The fraction of sp³-hybridized carbons (Fsp3) is 0.412. The van der Waals surface area contributed by atoms with Crippen LogP contribution in [0.5, 0.6) is 0 Å². The van der Waals surface area contributed by atoms with E-state index in [9.17, 15) is 23.1 Å². The Kier molecular flexibility index (Phi) is 3.36. The predicted octanol–water partition coefficient (Wildman–Crippen LogP) is 1.19. The molecule has 7 nitrogen and oxygen atoms in total. The maximum absolute atomic E-state index is 12.8. The number of allylic oxidation sites excluding steroid dienone is 2. The van der Waals surface area contributed by atoms with E-state index in [1.807, 2.05) is 12.2 Å². The van der Waals surface area contributed by atoms with Gasteiger partial charge in [-0.1, -0.05) is 12.2 Å². The van der Waals surface area contributed by atoms with Crippen molar-refractivity contribution < 1.29 is 23.1 Å². The van der Waals surface area contributed by atoms with Crippen LogP contribution in [0, 0.1) is 29.1 Å². The van der Waals surface area contributed by atoms with E-state index in [4.69, 9.17) is 5.14 Å². The zero-order valence-corrected chi connectivity index (χ0v) is 14.1. The number of anilines is 1. The lowest BCUT2D eigenvalue weighted by molar-refractivity contribution is -0.146. The Balaban J connectivity index is 1.57. The molecule has 0 aromatic heterocycles. The van der Waals surface area contributed by atoms with Gasteiger partial charge in [0.15, 0.2) is 0 Å². The van der Waals surface area contributed by atoms with Crippen LogP contribution in [0.25, 0.3) is 0 Å². The van der Waals surface area contributed by atoms with Crippen molar-refractivity contribution in [3.8, 4) is 0 Å². The number of rotatable bonds is 4. The highest BCUT2D eigenvalue weighted by Crippen LogP contribution is 2.72. The van der Waals surface area contributed by atoms with Crippen molar-refractivity contribution in [2.45, 2.75) is 17.7 Å². The summed E-state index contributed by atoms with van der Waals surface area (Å²) >= 11 is 0. The maximum atomic E-state index is 12.8. The van der Waals surface area contributed by atoms with Gasteiger partial charge in [-0.25, -0.2) is 13.6 Å². The van der Waals surface area contributed by atoms with Crippen LogP contribution < -0.4 is 10.5 Å². The Bertz CT molecular complexity index is 886. The predicted molar refractivity (Wildman–Crippen MR) is 88.8 cm³/mol. The lowest BCUT2D eigenvalue weighted by atomic mass is 9.82. The molecule has 132 valence electrons. The molecule has 25 heavy (non-hydrogen) atoms. The first-order chi connectivity index (χ1) is 11.7.